The molecule has 0 N–H and O–H groups in total. The van der Waals surface area contributed by atoms with Crippen molar-refractivity contribution in [1.29, 1.82) is 5.26 Å². The van der Waals surface area contributed by atoms with Gasteiger partial charge in [-0.3, -0.25) is 4.90 Å². The van der Waals surface area contributed by atoms with Crippen molar-refractivity contribution in [2.45, 2.75) is 37.6 Å². The molecule has 2 aromatic carbocycles. The molecule has 2 fully saturated rings. The molecule has 0 radical (unpaired) electrons. The summed E-state index contributed by atoms with van der Waals surface area (Å²) in [6, 6.07) is 22.0. The van der Waals surface area contributed by atoms with Gasteiger partial charge in [0, 0.05) is 37.9 Å². The van der Waals surface area contributed by atoms with E-state index in [1.165, 1.54) is 36.9 Å². The SMILES string of the molecule is N#Cc1ccc(N2CCN(C3CCC(c4ccccc4)CC3)CC2)cc1. The molecular weight excluding hydrogens is 318 g/mol. The monoisotopic (exact) mass is 345 g/mol. The molecule has 0 atom stereocenters. The number of hydrogen-bond donors (Lipinski definition) is 0. The zero-order valence-electron chi connectivity index (χ0n) is 15.3. The van der Waals surface area contributed by atoms with Gasteiger partial charge in [0.25, 0.3) is 0 Å². The fourth-order valence-electron chi connectivity index (χ4n) is 4.59. The molecule has 1 aliphatic carbocycles. The first-order valence-electron chi connectivity index (χ1n) is 9.87. The minimum atomic E-state index is 0.738. The largest absolute Gasteiger partial charge is 0.369 e. The highest BCUT2D eigenvalue weighted by atomic mass is 15.3. The first kappa shape index (κ1) is 17.1. The van der Waals surface area contributed by atoms with E-state index in [-0.39, 0.29) is 0 Å². The summed E-state index contributed by atoms with van der Waals surface area (Å²) in [5.74, 6) is 0.757. The van der Waals surface area contributed by atoms with Gasteiger partial charge in [0.2, 0.25) is 0 Å². The molecule has 3 heteroatoms. The zero-order chi connectivity index (χ0) is 17.8. The average molecular weight is 345 g/mol. The molecule has 0 aromatic heterocycles. The van der Waals surface area contributed by atoms with Crippen LogP contribution in [0.2, 0.25) is 0 Å². The van der Waals surface area contributed by atoms with Crippen molar-refractivity contribution in [3.8, 4) is 6.07 Å². The Balaban J connectivity index is 1.28. The highest BCUT2D eigenvalue weighted by molar-refractivity contribution is 5.50. The second-order valence-electron chi connectivity index (χ2n) is 7.60. The molecule has 3 nitrogen and oxygen atoms in total. The molecule has 0 amide bonds. The Morgan fingerprint density at radius 1 is 0.769 bits per heavy atom. The first-order valence-corrected chi connectivity index (χ1v) is 9.87. The van der Waals surface area contributed by atoms with E-state index >= 15 is 0 Å². The second kappa shape index (κ2) is 7.93. The Hall–Kier alpha value is -2.31. The number of rotatable bonds is 3. The lowest BCUT2D eigenvalue weighted by atomic mass is 9.81. The van der Waals surface area contributed by atoms with Gasteiger partial charge in [0.1, 0.15) is 0 Å². The van der Waals surface area contributed by atoms with Crippen molar-refractivity contribution >= 4 is 5.69 Å². The summed E-state index contributed by atoms with van der Waals surface area (Å²) in [4.78, 5) is 5.16. The second-order valence-corrected chi connectivity index (χ2v) is 7.60. The number of nitrogens with zero attached hydrogens (tertiary/aromatic N) is 3. The third kappa shape index (κ3) is 3.76. The van der Waals surface area contributed by atoms with Gasteiger partial charge in [-0.25, -0.2) is 0 Å². The van der Waals surface area contributed by atoms with Gasteiger partial charge in [-0.2, -0.15) is 5.26 Å². The summed E-state index contributed by atoms with van der Waals surface area (Å²) >= 11 is 0. The molecule has 134 valence electrons. The highest BCUT2D eigenvalue weighted by Gasteiger charge is 2.28. The van der Waals surface area contributed by atoms with Gasteiger partial charge in [-0.1, -0.05) is 30.3 Å². The number of hydrogen-bond acceptors (Lipinski definition) is 3. The van der Waals surface area contributed by atoms with E-state index < -0.39 is 0 Å². The molecule has 2 aliphatic rings. The van der Waals surface area contributed by atoms with Crippen molar-refractivity contribution < 1.29 is 0 Å². The predicted molar refractivity (Wildman–Crippen MR) is 106 cm³/mol. The van der Waals surface area contributed by atoms with Crippen molar-refractivity contribution in [2.75, 3.05) is 31.1 Å². The lowest BCUT2D eigenvalue weighted by Crippen LogP contribution is -2.51. The van der Waals surface area contributed by atoms with Crippen molar-refractivity contribution in [1.82, 2.24) is 4.90 Å². The van der Waals surface area contributed by atoms with Crippen LogP contribution < -0.4 is 4.90 Å². The molecular formula is C23H27N3. The standard InChI is InChI=1S/C23H27N3/c24-18-19-6-10-22(11-7-19)25-14-16-26(17-15-25)23-12-8-21(9-13-23)20-4-2-1-3-5-20/h1-7,10-11,21,23H,8-9,12-17H2. The van der Waals surface area contributed by atoms with Crippen LogP contribution in [0.5, 0.6) is 0 Å². The molecule has 1 heterocycles. The van der Waals surface area contributed by atoms with Gasteiger partial charge in [0.15, 0.2) is 0 Å². The van der Waals surface area contributed by atoms with Crippen LogP contribution in [0.15, 0.2) is 54.6 Å². The first-order chi connectivity index (χ1) is 12.8. The predicted octanol–water partition coefficient (Wildman–Crippen LogP) is 4.41. The Morgan fingerprint density at radius 3 is 2.04 bits per heavy atom. The minimum absolute atomic E-state index is 0.738. The Bertz CT molecular complexity index is 731. The molecule has 0 spiro atoms. The van der Waals surface area contributed by atoms with Gasteiger partial charge < -0.3 is 4.90 Å². The number of benzene rings is 2. The van der Waals surface area contributed by atoms with Crippen LogP contribution >= 0.6 is 0 Å². The molecule has 2 aromatic rings. The minimum Gasteiger partial charge on any atom is -0.369 e. The maximum absolute atomic E-state index is 8.94. The third-order valence-corrected chi connectivity index (χ3v) is 6.16. The fourth-order valence-corrected chi connectivity index (χ4v) is 4.59. The van der Waals surface area contributed by atoms with Gasteiger partial charge in [0.05, 0.1) is 11.6 Å². The van der Waals surface area contributed by atoms with Crippen LogP contribution in [0.1, 0.15) is 42.7 Å². The molecule has 1 aliphatic heterocycles. The van der Waals surface area contributed by atoms with E-state index in [0.717, 1.165) is 43.7 Å². The third-order valence-electron chi connectivity index (χ3n) is 6.16. The van der Waals surface area contributed by atoms with E-state index in [1.54, 1.807) is 0 Å². The van der Waals surface area contributed by atoms with Gasteiger partial charge in [-0.15, -0.1) is 0 Å². The average Bonchev–Trinajstić information content (AvgIpc) is 2.75. The van der Waals surface area contributed by atoms with Crippen LogP contribution in [0.25, 0.3) is 0 Å². The smallest absolute Gasteiger partial charge is 0.0991 e. The van der Waals surface area contributed by atoms with Crippen molar-refractivity contribution in [3.05, 3.63) is 65.7 Å². The van der Waals surface area contributed by atoms with Crippen LogP contribution in [0.4, 0.5) is 5.69 Å². The topological polar surface area (TPSA) is 30.3 Å². The number of anilines is 1. The fraction of sp³-hybridized carbons (Fsp3) is 0.435. The highest BCUT2D eigenvalue weighted by Crippen LogP contribution is 2.35. The van der Waals surface area contributed by atoms with Crippen molar-refractivity contribution in [3.63, 3.8) is 0 Å². The van der Waals surface area contributed by atoms with E-state index in [2.05, 4.69) is 58.3 Å². The summed E-state index contributed by atoms with van der Waals surface area (Å²) < 4.78 is 0. The molecule has 1 saturated carbocycles. The van der Waals surface area contributed by atoms with E-state index in [9.17, 15) is 0 Å². The van der Waals surface area contributed by atoms with Gasteiger partial charge >= 0.3 is 0 Å². The van der Waals surface area contributed by atoms with Crippen LogP contribution in [-0.2, 0) is 0 Å². The summed E-state index contributed by atoms with van der Waals surface area (Å²) in [5, 5.41) is 8.94. The molecule has 1 saturated heterocycles. The Kier molecular flexibility index (Phi) is 5.22. The molecule has 0 bridgehead atoms. The summed E-state index contributed by atoms with van der Waals surface area (Å²) in [6.45, 7) is 4.48. The van der Waals surface area contributed by atoms with Crippen LogP contribution in [0, 0.1) is 11.3 Å². The quantitative estimate of drug-likeness (QED) is 0.825. The van der Waals surface area contributed by atoms with Gasteiger partial charge in [-0.05, 0) is 61.4 Å². The Morgan fingerprint density at radius 2 is 1.42 bits per heavy atom. The number of piperazine rings is 1. The van der Waals surface area contributed by atoms with E-state index in [1.807, 2.05) is 12.1 Å². The van der Waals surface area contributed by atoms with Crippen LogP contribution in [0.3, 0.4) is 0 Å². The summed E-state index contributed by atoms with van der Waals surface area (Å²) in [6.07, 6.45) is 5.31. The molecule has 0 unspecified atom stereocenters. The molecule has 4 rings (SSSR count). The Labute approximate surface area is 156 Å². The lowest BCUT2D eigenvalue weighted by Gasteiger charge is -2.42. The summed E-state index contributed by atoms with van der Waals surface area (Å²) in [7, 11) is 0. The summed E-state index contributed by atoms with van der Waals surface area (Å²) in [5.41, 5.74) is 3.51. The number of nitriles is 1. The maximum atomic E-state index is 8.94. The normalized spacial score (nSPS) is 24.2. The van der Waals surface area contributed by atoms with E-state index in [4.69, 9.17) is 5.26 Å². The molecule has 26 heavy (non-hydrogen) atoms. The van der Waals surface area contributed by atoms with Crippen molar-refractivity contribution in [2.24, 2.45) is 0 Å². The zero-order valence-corrected chi connectivity index (χ0v) is 15.3. The lowest BCUT2D eigenvalue weighted by molar-refractivity contribution is 0.141. The van der Waals surface area contributed by atoms with Crippen LogP contribution in [-0.4, -0.2) is 37.1 Å². The maximum Gasteiger partial charge on any atom is 0.0991 e. The van der Waals surface area contributed by atoms with E-state index in [0.29, 0.717) is 0 Å².